The Balaban J connectivity index is 2.46. The summed E-state index contributed by atoms with van der Waals surface area (Å²) in [6.07, 6.45) is -0.488. The highest BCUT2D eigenvalue weighted by molar-refractivity contribution is 5.82. The van der Waals surface area contributed by atoms with Gasteiger partial charge in [0.25, 0.3) is 0 Å². The minimum absolute atomic E-state index is 0.164. The normalized spacial score (nSPS) is 11.5. The van der Waals surface area contributed by atoms with Crippen LogP contribution in [0.4, 0.5) is 4.79 Å². The van der Waals surface area contributed by atoms with Gasteiger partial charge in [-0.15, -0.1) is 0 Å². The fourth-order valence-electron chi connectivity index (χ4n) is 1.74. The first-order chi connectivity index (χ1) is 9.88. The van der Waals surface area contributed by atoms with E-state index in [1.165, 1.54) is 0 Å². The SMILES string of the molecule is Cc1cccc(CNC(=O)N[C@@H](CCC(=O)O)C(=O)O)c1. The van der Waals surface area contributed by atoms with Crippen LogP contribution in [-0.4, -0.2) is 34.2 Å². The lowest BCUT2D eigenvalue weighted by Gasteiger charge is -2.14. The van der Waals surface area contributed by atoms with Crippen LogP contribution in [0.1, 0.15) is 24.0 Å². The first-order valence-corrected chi connectivity index (χ1v) is 6.43. The summed E-state index contributed by atoms with van der Waals surface area (Å²) < 4.78 is 0. The molecule has 7 heteroatoms. The Morgan fingerprint density at radius 2 is 1.95 bits per heavy atom. The van der Waals surface area contributed by atoms with E-state index in [0.717, 1.165) is 11.1 Å². The molecular weight excluding hydrogens is 276 g/mol. The number of carboxylic acid groups (broad SMARTS) is 2. The van der Waals surface area contributed by atoms with E-state index in [2.05, 4.69) is 10.6 Å². The topological polar surface area (TPSA) is 116 Å². The van der Waals surface area contributed by atoms with E-state index in [4.69, 9.17) is 10.2 Å². The Bertz CT molecular complexity index is 530. The average Bonchev–Trinajstić information content (AvgIpc) is 2.40. The molecule has 0 aliphatic heterocycles. The van der Waals surface area contributed by atoms with Crippen molar-refractivity contribution in [2.45, 2.75) is 32.4 Å². The molecule has 1 aromatic rings. The van der Waals surface area contributed by atoms with Crippen molar-refractivity contribution in [1.82, 2.24) is 10.6 Å². The lowest BCUT2D eigenvalue weighted by atomic mass is 10.1. The molecule has 114 valence electrons. The molecule has 0 heterocycles. The van der Waals surface area contributed by atoms with E-state index < -0.39 is 24.0 Å². The van der Waals surface area contributed by atoms with E-state index in [0.29, 0.717) is 0 Å². The largest absolute Gasteiger partial charge is 0.481 e. The summed E-state index contributed by atoms with van der Waals surface area (Å²) in [7, 11) is 0. The summed E-state index contributed by atoms with van der Waals surface area (Å²) in [6.45, 7) is 2.19. The van der Waals surface area contributed by atoms with Gasteiger partial charge >= 0.3 is 18.0 Å². The second-order valence-electron chi connectivity index (χ2n) is 4.64. The standard InChI is InChI=1S/C14H18N2O5/c1-9-3-2-4-10(7-9)8-15-14(21)16-11(13(19)20)5-6-12(17)18/h2-4,7,11H,5-6,8H2,1H3,(H,17,18)(H,19,20)(H2,15,16,21)/t11-/m0/s1. The van der Waals surface area contributed by atoms with E-state index in [1.54, 1.807) is 0 Å². The van der Waals surface area contributed by atoms with Crippen LogP contribution in [-0.2, 0) is 16.1 Å². The fraction of sp³-hybridized carbons (Fsp3) is 0.357. The fourth-order valence-corrected chi connectivity index (χ4v) is 1.74. The van der Waals surface area contributed by atoms with Crippen molar-refractivity contribution in [2.75, 3.05) is 0 Å². The molecule has 4 N–H and O–H groups in total. The van der Waals surface area contributed by atoms with Gasteiger partial charge in [0.1, 0.15) is 6.04 Å². The smallest absolute Gasteiger partial charge is 0.326 e. The maximum absolute atomic E-state index is 11.6. The van der Waals surface area contributed by atoms with Crippen LogP contribution in [0.3, 0.4) is 0 Å². The van der Waals surface area contributed by atoms with Gasteiger partial charge in [0.15, 0.2) is 0 Å². The van der Waals surface area contributed by atoms with Gasteiger partial charge in [0.2, 0.25) is 0 Å². The highest BCUT2D eigenvalue weighted by atomic mass is 16.4. The number of hydrogen-bond acceptors (Lipinski definition) is 3. The molecule has 0 spiro atoms. The van der Waals surface area contributed by atoms with Gasteiger partial charge in [-0.3, -0.25) is 4.79 Å². The lowest BCUT2D eigenvalue weighted by molar-refractivity contribution is -0.140. The molecule has 0 saturated carbocycles. The Morgan fingerprint density at radius 1 is 1.24 bits per heavy atom. The minimum atomic E-state index is -1.26. The van der Waals surface area contributed by atoms with Gasteiger partial charge in [0.05, 0.1) is 0 Å². The number of carbonyl (C=O) groups excluding carboxylic acids is 1. The monoisotopic (exact) mass is 294 g/mol. The third-order valence-electron chi connectivity index (χ3n) is 2.79. The minimum Gasteiger partial charge on any atom is -0.481 e. The molecular formula is C14H18N2O5. The molecule has 7 nitrogen and oxygen atoms in total. The lowest BCUT2D eigenvalue weighted by Crippen LogP contribution is -2.46. The zero-order chi connectivity index (χ0) is 15.8. The van der Waals surface area contributed by atoms with Crippen LogP contribution in [0.2, 0.25) is 0 Å². The summed E-state index contributed by atoms with van der Waals surface area (Å²) in [4.78, 5) is 33.0. The van der Waals surface area contributed by atoms with Gasteiger partial charge in [-0.2, -0.15) is 0 Å². The number of aliphatic carboxylic acids is 2. The van der Waals surface area contributed by atoms with Crippen molar-refractivity contribution < 1.29 is 24.6 Å². The predicted molar refractivity (Wildman–Crippen MR) is 74.8 cm³/mol. The number of urea groups is 1. The van der Waals surface area contributed by atoms with Crippen LogP contribution in [0.15, 0.2) is 24.3 Å². The van der Waals surface area contributed by atoms with Crippen molar-refractivity contribution in [2.24, 2.45) is 0 Å². The van der Waals surface area contributed by atoms with Gasteiger partial charge in [-0.25, -0.2) is 9.59 Å². The van der Waals surface area contributed by atoms with Crippen LogP contribution in [0.5, 0.6) is 0 Å². The third kappa shape index (κ3) is 6.42. The Labute approximate surface area is 122 Å². The van der Waals surface area contributed by atoms with Crippen LogP contribution < -0.4 is 10.6 Å². The van der Waals surface area contributed by atoms with Crippen LogP contribution >= 0.6 is 0 Å². The zero-order valence-electron chi connectivity index (χ0n) is 11.6. The number of benzene rings is 1. The molecule has 1 rings (SSSR count). The van der Waals surface area contributed by atoms with Gasteiger partial charge in [0, 0.05) is 13.0 Å². The molecule has 0 aromatic heterocycles. The predicted octanol–water partition coefficient (Wildman–Crippen LogP) is 1.11. The highest BCUT2D eigenvalue weighted by Gasteiger charge is 2.20. The Morgan fingerprint density at radius 3 is 2.52 bits per heavy atom. The number of nitrogens with one attached hydrogen (secondary N) is 2. The second-order valence-corrected chi connectivity index (χ2v) is 4.64. The summed E-state index contributed by atoms with van der Waals surface area (Å²) in [5, 5.41) is 22.2. The first-order valence-electron chi connectivity index (χ1n) is 6.43. The third-order valence-corrected chi connectivity index (χ3v) is 2.79. The van der Waals surface area contributed by atoms with Gasteiger partial charge in [-0.1, -0.05) is 29.8 Å². The van der Waals surface area contributed by atoms with Gasteiger partial charge < -0.3 is 20.8 Å². The molecule has 1 atom stereocenters. The van der Waals surface area contributed by atoms with E-state index in [1.807, 2.05) is 31.2 Å². The zero-order valence-corrected chi connectivity index (χ0v) is 11.6. The van der Waals surface area contributed by atoms with Crippen molar-refractivity contribution in [3.63, 3.8) is 0 Å². The number of amides is 2. The van der Waals surface area contributed by atoms with Crippen molar-refractivity contribution in [3.05, 3.63) is 35.4 Å². The molecule has 0 fully saturated rings. The Hall–Kier alpha value is -2.57. The molecule has 0 saturated heterocycles. The summed E-state index contributed by atoms with van der Waals surface area (Å²) in [6, 6.07) is 5.66. The van der Waals surface area contributed by atoms with Crippen molar-refractivity contribution in [3.8, 4) is 0 Å². The number of aryl methyl sites for hydroxylation is 1. The summed E-state index contributed by atoms with van der Waals surface area (Å²) in [5.74, 6) is -2.37. The molecule has 0 aliphatic carbocycles. The number of carboxylic acids is 2. The quantitative estimate of drug-likeness (QED) is 0.601. The molecule has 0 bridgehead atoms. The summed E-state index contributed by atoms with van der Waals surface area (Å²) in [5.41, 5.74) is 1.95. The number of rotatable bonds is 7. The van der Waals surface area contributed by atoms with E-state index in [-0.39, 0.29) is 19.4 Å². The van der Waals surface area contributed by atoms with E-state index in [9.17, 15) is 14.4 Å². The molecule has 0 unspecified atom stereocenters. The molecule has 2 amide bonds. The maximum atomic E-state index is 11.6. The molecule has 21 heavy (non-hydrogen) atoms. The van der Waals surface area contributed by atoms with Crippen LogP contribution in [0, 0.1) is 6.92 Å². The molecule has 0 aliphatic rings. The first kappa shape index (κ1) is 16.5. The van der Waals surface area contributed by atoms with Gasteiger partial charge in [-0.05, 0) is 18.9 Å². The summed E-state index contributed by atoms with van der Waals surface area (Å²) >= 11 is 0. The number of carbonyl (C=O) groups is 3. The van der Waals surface area contributed by atoms with Crippen molar-refractivity contribution in [1.29, 1.82) is 0 Å². The average molecular weight is 294 g/mol. The maximum Gasteiger partial charge on any atom is 0.326 e. The van der Waals surface area contributed by atoms with Crippen LogP contribution in [0.25, 0.3) is 0 Å². The Kier molecular flexibility index (Phi) is 6.19. The van der Waals surface area contributed by atoms with Crippen molar-refractivity contribution >= 4 is 18.0 Å². The molecule has 1 aromatic carbocycles. The second kappa shape index (κ2) is 7.88. The number of hydrogen-bond donors (Lipinski definition) is 4. The molecule has 0 radical (unpaired) electrons. The highest BCUT2D eigenvalue weighted by Crippen LogP contribution is 2.03. The van der Waals surface area contributed by atoms with E-state index >= 15 is 0 Å².